The molecule has 0 aliphatic carbocycles. The van der Waals surface area contributed by atoms with E-state index in [-0.39, 0.29) is 12.1 Å². The number of amides is 1. The second kappa shape index (κ2) is 4.30. The van der Waals surface area contributed by atoms with E-state index >= 15 is 0 Å². The lowest BCUT2D eigenvalue weighted by Crippen LogP contribution is -2.23. The van der Waals surface area contributed by atoms with Crippen molar-refractivity contribution in [1.82, 2.24) is 10.3 Å². The van der Waals surface area contributed by atoms with Crippen LogP contribution in [0.5, 0.6) is 0 Å². The zero-order valence-electron chi connectivity index (χ0n) is 7.16. The van der Waals surface area contributed by atoms with Crippen molar-refractivity contribution in [2.75, 3.05) is 7.11 Å². The number of hydrogen-bond donors (Lipinski definition) is 2. The van der Waals surface area contributed by atoms with E-state index in [0.717, 1.165) is 0 Å². The number of rotatable bonds is 2. The van der Waals surface area contributed by atoms with Crippen LogP contribution in [-0.2, 0) is 11.3 Å². The van der Waals surface area contributed by atoms with Crippen LogP contribution >= 0.6 is 0 Å². The van der Waals surface area contributed by atoms with Gasteiger partial charge in [-0.1, -0.05) is 6.07 Å². The fourth-order valence-corrected chi connectivity index (χ4v) is 0.836. The van der Waals surface area contributed by atoms with Crippen molar-refractivity contribution in [2.24, 2.45) is 0 Å². The molecule has 0 fully saturated rings. The number of ether oxygens (including phenoxy) is 1. The summed E-state index contributed by atoms with van der Waals surface area (Å²) in [5.41, 5.74) is 0.446. The average molecular weight is 182 g/mol. The van der Waals surface area contributed by atoms with Crippen LogP contribution < -0.4 is 10.9 Å². The zero-order chi connectivity index (χ0) is 9.68. The summed E-state index contributed by atoms with van der Waals surface area (Å²) in [4.78, 5) is 24.0. The van der Waals surface area contributed by atoms with Gasteiger partial charge >= 0.3 is 6.09 Å². The Morgan fingerprint density at radius 3 is 3.00 bits per heavy atom. The van der Waals surface area contributed by atoms with Crippen molar-refractivity contribution in [1.29, 1.82) is 0 Å². The number of carbonyl (C=O) groups excluding carboxylic acids is 1. The van der Waals surface area contributed by atoms with Gasteiger partial charge in [-0.2, -0.15) is 0 Å². The van der Waals surface area contributed by atoms with E-state index in [1.165, 1.54) is 13.2 Å². The Kier molecular flexibility index (Phi) is 3.08. The predicted molar refractivity (Wildman–Crippen MR) is 46.3 cm³/mol. The number of H-pyrrole nitrogens is 1. The number of aromatic nitrogens is 1. The molecule has 5 nitrogen and oxygen atoms in total. The summed E-state index contributed by atoms with van der Waals surface area (Å²) >= 11 is 0. The molecule has 0 saturated heterocycles. The molecule has 0 aliphatic heterocycles. The van der Waals surface area contributed by atoms with Crippen LogP contribution in [0.1, 0.15) is 5.69 Å². The molecular formula is C8H10N2O3. The number of alkyl carbamates (subject to hydrolysis) is 1. The number of aromatic amines is 1. The molecule has 1 rings (SSSR count). The Morgan fingerprint density at radius 2 is 2.38 bits per heavy atom. The molecule has 13 heavy (non-hydrogen) atoms. The van der Waals surface area contributed by atoms with Crippen molar-refractivity contribution in [3.05, 3.63) is 34.2 Å². The van der Waals surface area contributed by atoms with Crippen molar-refractivity contribution in [3.8, 4) is 0 Å². The van der Waals surface area contributed by atoms with Gasteiger partial charge < -0.3 is 15.0 Å². The van der Waals surface area contributed by atoms with E-state index in [2.05, 4.69) is 15.0 Å². The molecule has 5 heteroatoms. The van der Waals surface area contributed by atoms with Gasteiger partial charge in [0.25, 0.3) is 0 Å². The highest BCUT2D eigenvalue weighted by atomic mass is 16.5. The monoisotopic (exact) mass is 182 g/mol. The van der Waals surface area contributed by atoms with Gasteiger partial charge in [-0.05, 0) is 6.07 Å². The van der Waals surface area contributed by atoms with E-state index in [4.69, 9.17) is 0 Å². The third kappa shape index (κ3) is 2.98. The highest BCUT2D eigenvalue weighted by Gasteiger charge is 1.98. The normalized spacial score (nSPS) is 9.31. The highest BCUT2D eigenvalue weighted by Crippen LogP contribution is 1.88. The number of carbonyl (C=O) groups is 1. The maximum absolute atomic E-state index is 10.8. The van der Waals surface area contributed by atoms with E-state index in [9.17, 15) is 9.59 Å². The Morgan fingerprint density at radius 1 is 1.62 bits per heavy atom. The minimum atomic E-state index is -0.523. The second-order valence-corrected chi connectivity index (χ2v) is 2.39. The molecule has 1 amide bonds. The number of pyridine rings is 1. The SMILES string of the molecule is COC(=O)NCc1cccc(=O)[nH]1. The van der Waals surface area contributed by atoms with Crippen molar-refractivity contribution < 1.29 is 9.53 Å². The molecule has 1 heterocycles. The first kappa shape index (κ1) is 9.31. The average Bonchev–Trinajstić information content (AvgIpc) is 2.14. The summed E-state index contributed by atoms with van der Waals surface area (Å²) in [6.45, 7) is 0.253. The van der Waals surface area contributed by atoms with E-state index < -0.39 is 6.09 Å². The van der Waals surface area contributed by atoms with Crippen LogP contribution in [0.2, 0.25) is 0 Å². The van der Waals surface area contributed by atoms with Gasteiger partial charge in [0.1, 0.15) is 0 Å². The quantitative estimate of drug-likeness (QED) is 0.687. The summed E-state index contributed by atoms with van der Waals surface area (Å²) in [5.74, 6) is 0. The molecule has 2 N–H and O–H groups in total. The zero-order valence-corrected chi connectivity index (χ0v) is 7.16. The second-order valence-electron chi connectivity index (χ2n) is 2.39. The molecule has 0 spiro atoms. The Labute approximate surface area is 74.7 Å². The first-order chi connectivity index (χ1) is 6.22. The van der Waals surface area contributed by atoms with Gasteiger partial charge in [-0.25, -0.2) is 4.79 Å². The topological polar surface area (TPSA) is 71.2 Å². The number of hydrogen-bond acceptors (Lipinski definition) is 3. The summed E-state index contributed by atoms with van der Waals surface area (Å²) in [7, 11) is 1.28. The van der Waals surface area contributed by atoms with Gasteiger partial charge in [-0.15, -0.1) is 0 Å². The molecule has 0 atom stereocenters. The molecule has 70 valence electrons. The largest absolute Gasteiger partial charge is 0.453 e. The first-order valence-electron chi connectivity index (χ1n) is 3.72. The molecule has 1 aromatic heterocycles. The van der Waals surface area contributed by atoms with Crippen molar-refractivity contribution in [2.45, 2.75) is 6.54 Å². The standard InChI is InChI=1S/C8H10N2O3/c1-13-8(12)9-5-6-3-2-4-7(11)10-6/h2-4H,5H2,1H3,(H,9,12)(H,10,11). The maximum Gasteiger partial charge on any atom is 0.407 e. The van der Waals surface area contributed by atoms with Gasteiger partial charge in [0.15, 0.2) is 0 Å². The maximum atomic E-state index is 10.8. The van der Waals surface area contributed by atoms with Gasteiger partial charge in [0.05, 0.1) is 13.7 Å². The van der Waals surface area contributed by atoms with Gasteiger partial charge in [0.2, 0.25) is 5.56 Å². The van der Waals surface area contributed by atoms with Crippen molar-refractivity contribution >= 4 is 6.09 Å². The van der Waals surface area contributed by atoms with Gasteiger partial charge in [-0.3, -0.25) is 4.79 Å². The lowest BCUT2D eigenvalue weighted by molar-refractivity contribution is 0.170. The minimum absolute atomic E-state index is 0.191. The molecule has 1 aromatic rings. The molecule has 0 saturated carbocycles. The molecule has 0 aromatic carbocycles. The van der Waals surface area contributed by atoms with Gasteiger partial charge in [0, 0.05) is 11.8 Å². The highest BCUT2D eigenvalue weighted by molar-refractivity contribution is 5.66. The Hall–Kier alpha value is -1.78. The first-order valence-corrected chi connectivity index (χ1v) is 3.72. The fourth-order valence-electron chi connectivity index (χ4n) is 0.836. The summed E-state index contributed by atoms with van der Waals surface area (Å²) in [6.07, 6.45) is -0.523. The van der Waals surface area contributed by atoms with Crippen LogP contribution in [0.4, 0.5) is 4.79 Å². The van der Waals surface area contributed by atoms with Crippen LogP contribution in [0, 0.1) is 0 Å². The lowest BCUT2D eigenvalue weighted by Gasteiger charge is -2.02. The summed E-state index contributed by atoms with van der Waals surface area (Å²) < 4.78 is 4.36. The summed E-state index contributed by atoms with van der Waals surface area (Å²) in [5, 5.41) is 2.44. The van der Waals surface area contributed by atoms with Crippen LogP contribution in [0.25, 0.3) is 0 Å². The lowest BCUT2D eigenvalue weighted by atomic mass is 10.3. The minimum Gasteiger partial charge on any atom is -0.453 e. The predicted octanol–water partition coefficient (Wildman–Crippen LogP) is 0.231. The van der Waals surface area contributed by atoms with Crippen LogP contribution in [-0.4, -0.2) is 18.2 Å². The van der Waals surface area contributed by atoms with Crippen LogP contribution in [0.15, 0.2) is 23.0 Å². The Balaban J connectivity index is 2.55. The smallest absolute Gasteiger partial charge is 0.407 e. The van der Waals surface area contributed by atoms with E-state index in [1.54, 1.807) is 12.1 Å². The third-order valence-electron chi connectivity index (χ3n) is 1.44. The Bertz CT molecular complexity index is 345. The molecular weight excluding hydrogens is 172 g/mol. The number of methoxy groups -OCH3 is 1. The third-order valence-corrected chi connectivity index (χ3v) is 1.44. The molecule has 0 aliphatic rings. The molecule has 0 radical (unpaired) electrons. The molecule has 0 unspecified atom stereocenters. The fraction of sp³-hybridized carbons (Fsp3) is 0.250. The molecule has 0 bridgehead atoms. The van der Waals surface area contributed by atoms with Crippen molar-refractivity contribution in [3.63, 3.8) is 0 Å². The summed E-state index contributed by atoms with van der Waals surface area (Å²) in [6, 6.07) is 4.73. The van der Waals surface area contributed by atoms with E-state index in [0.29, 0.717) is 5.69 Å². The van der Waals surface area contributed by atoms with E-state index in [1.807, 2.05) is 0 Å². The number of nitrogens with one attached hydrogen (secondary N) is 2. The van der Waals surface area contributed by atoms with Crippen LogP contribution in [0.3, 0.4) is 0 Å².